The number of carbonyl (C=O) groups excluding carboxylic acids is 2. The Kier molecular flexibility index (Phi) is 7.27. The van der Waals surface area contributed by atoms with Crippen LogP contribution in [-0.2, 0) is 14.3 Å². The summed E-state index contributed by atoms with van der Waals surface area (Å²) in [5, 5.41) is 8.19. The summed E-state index contributed by atoms with van der Waals surface area (Å²) in [5.41, 5.74) is 1.94. The first-order valence-corrected chi connectivity index (χ1v) is 4.83. The molecule has 0 aliphatic heterocycles. The summed E-state index contributed by atoms with van der Waals surface area (Å²) in [5.74, 6) is -0.781. The summed E-state index contributed by atoms with van der Waals surface area (Å²) in [4.78, 5) is 21.5. The fourth-order valence-electron chi connectivity index (χ4n) is 0.908. The van der Waals surface area contributed by atoms with Gasteiger partial charge in [-0.2, -0.15) is 0 Å². The minimum absolute atomic E-state index is 0.283. The van der Waals surface area contributed by atoms with Gasteiger partial charge in [-0.05, 0) is 26.2 Å². The third-order valence-corrected chi connectivity index (χ3v) is 1.75. The van der Waals surface area contributed by atoms with Crippen molar-refractivity contribution in [3.63, 3.8) is 0 Å². The quantitative estimate of drug-likeness (QED) is 0.220. The van der Waals surface area contributed by atoms with Gasteiger partial charge < -0.3 is 4.74 Å². The van der Waals surface area contributed by atoms with Gasteiger partial charge in [-0.15, -0.1) is 0 Å². The molecule has 0 aliphatic rings. The smallest absolute Gasteiger partial charge is 0.333 e. The van der Waals surface area contributed by atoms with Gasteiger partial charge in [-0.1, -0.05) is 6.58 Å². The minimum atomic E-state index is -0.395. The maximum Gasteiger partial charge on any atom is 0.333 e. The number of unbranched alkanes of at least 4 members (excludes halogenated alkanes) is 2. The summed E-state index contributed by atoms with van der Waals surface area (Å²) in [6.45, 7) is 5.38. The van der Waals surface area contributed by atoms with Crippen molar-refractivity contribution >= 4 is 11.9 Å². The third-order valence-electron chi connectivity index (χ3n) is 1.75. The van der Waals surface area contributed by atoms with E-state index in [2.05, 4.69) is 6.58 Å². The van der Waals surface area contributed by atoms with Gasteiger partial charge in [0.2, 0.25) is 5.91 Å². The molecule has 5 nitrogen and oxygen atoms in total. The predicted molar refractivity (Wildman–Crippen MR) is 54.2 cm³/mol. The van der Waals surface area contributed by atoms with E-state index in [4.69, 9.17) is 9.94 Å². The van der Waals surface area contributed by atoms with Crippen molar-refractivity contribution in [2.24, 2.45) is 0 Å². The van der Waals surface area contributed by atoms with Crippen LogP contribution in [0.2, 0.25) is 0 Å². The zero-order chi connectivity index (χ0) is 11.7. The van der Waals surface area contributed by atoms with Crippen LogP contribution in [-0.4, -0.2) is 23.7 Å². The molecular formula is C10H17NO4. The number of esters is 1. The van der Waals surface area contributed by atoms with Gasteiger partial charge in [0.05, 0.1) is 6.61 Å². The van der Waals surface area contributed by atoms with E-state index in [-0.39, 0.29) is 12.4 Å². The van der Waals surface area contributed by atoms with Crippen LogP contribution in [0.4, 0.5) is 0 Å². The number of hydrogen-bond donors (Lipinski definition) is 2. The lowest BCUT2D eigenvalue weighted by Crippen LogP contribution is -2.17. The molecule has 0 unspecified atom stereocenters. The minimum Gasteiger partial charge on any atom is -0.462 e. The van der Waals surface area contributed by atoms with E-state index in [0.717, 1.165) is 6.42 Å². The highest BCUT2D eigenvalue weighted by molar-refractivity contribution is 5.86. The van der Waals surface area contributed by atoms with Crippen molar-refractivity contribution in [2.45, 2.75) is 32.6 Å². The third kappa shape index (κ3) is 7.69. The van der Waals surface area contributed by atoms with Gasteiger partial charge in [-0.3, -0.25) is 10.0 Å². The van der Waals surface area contributed by atoms with Gasteiger partial charge in [0, 0.05) is 12.0 Å². The van der Waals surface area contributed by atoms with E-state index in [0.29, 0.717) is 25.0 Å². The number of carbonyl (C=O) groups is 2. The van der Waals surface area contributed by atoms with Crippen LogP contribution in [0.25, 0.3) is 0 Å². The molecule has 86 valence electrons. The normalized spacial score (nSPS) is 9.47. The van der Waals surface area contributed by atoms with Crippen molar-refractivity contribution in [1.82, 2.24) is 5.48 Å². The van der Waals surface area contributed by atoms with Crippen molar-refractivity contribution in [3.05, 3.63) is 12.2 Å². The summed E-state index contributed by atoms with van der Waals surface area (Å²) >= 11 is 0. The molecule has 5 heteroatoms. The maximum atomic E-state index is 10.9. The topological polar surface area (TPSA) is 75.6 Å². The van der Waals surface area contributed by atoms with E-state index in [9.17, 15) is 9.59 Å². The summed E-state index contributed by atoms with van der Waals surface area (Å²) in [6, 6.07) is 0. The van der Waals surface area contributed by atoms with Crippen LogP contribution in [0.5, 0.6) is 0 Å². The van der Waals surface area contributed by atoms with Gasteiger partial charge in [0.1, 0.15) is 0 Å². The van der Waals surface area contributed by atoms with Crippen LogP contribution >= 0.6 is 0 Å². The molecule has 0 atom stereocenters. The molecule has 0 fully saturated rings. The molecule has 0 aliphatic carbocycles. The zero-order valence-electron chi connectivity index (χ0n) is 8.91. The lowest BCUT2D eigenvalue weighted by Gasteiger charge is -2.03. The standard InChI is InChI=1S/C10H17NO4/c1-8(2)10(13)15-7-5-3-4-6-9(12)11-14/h14H,1,3-7H2,2H3,(H,11,12). The first kappa shape index (κ1) is 13.6. The monoisotopic (exact) mass is 215 g/mol. The highest BCUT2D eigenvalue weighted by Gasteiger charge is 2.02. The predicted octanol–water partition coefficient (Wildman–Crippen LogP) is 1.17. The second-order valence-corrected chi connectivity index (χ2v) is 3.26. The number of rotatable bonds is 7. The second kappa shape index (κ2) is 7.99. The van der Waals surface area contributed by atoms with Gasteiger partial charge in [-0.25, -0.2) is 10.3 Å². The van der Waals surface area contributed by atoms with Gasteiger partial charge in [0.25, 0.3) is 0 Å². The maximum absolute atomic E-state index is 10.9. The largest absolute Gasteiger partial charge is 0.462 e. The van der Waals surface area contributed by atoms with Crippen LogP contribution in [0.15, 0.2) is 12.2 Å². The lowest BCUT2D eigenvalue weighted by molar-refractivity contribution is -0.139. The van der Waals surface area contributed by atoms with Crippen molar-refractivity contribution < 1.29 is 19.5 Å². The Bertz CT molecular complexity index is 238. The molecule has 0 aromatic rings. The highest BCUT2D eigenvalue weighted by Crippen LogP contribution is 2.01. The Morgan fingerprint density at radius 3 is 2.53 bits per heavy atom. The number of nitrogens with one attached hydrogen (secondary N) is 1. The van der Waals surface area contributed by atoms with Crippen LogP contribution in [0, 0.1) is 0 Å². The van der Waals surface area contributed by atoms with Crippen molar-refractivity contribution in [2.75, 3.05) is 6.61 Å². The molecule has 0 aromatic carbocycles. The fraction of sp³-hybridized carbons (Fsp3) is 0.600. The molecule has 0 aromatic heterocycles. The molecule has 0 heterocycles. The molecule has 1 amide bonds. The Labute approximate surface area is 89.1 Å². The Morgan fingerprint density at radius 1 is 1.33 bits per heavy atom. The van der Waals surface area contributed by atoms with Crippen molar-refractivity contribution in [3.8, 4) is 0 Å². The SMILES string of the molecule is C=C(C)C(=O)OCCCCCC(=O)NO. The van der Waals surface area contributed by atoms with Gasteiger partial charge in [0.15, 0.2) is 0 Å². The average Bonchev–Trinajstić information content (AvgIpc) is 2.22. The molecule has 15 heavy (non-hydrogen) atoms. The molecule has 2 N–H and O–H groups in total. The molecular weight excluding hydrogens is 198 g/mol. The number of amides is 1. The summed E-state index contributed by atoms with van der Waals surface area (Å²) in [6.07, 6.45) is 2.43. The molecule has 0 rings (SSSR count). The number of hydrogen-bond acceptors (Lipinski definition) is 4. The highest BCUT2D eigenvalue weighted by atomic mass is 16.5. The van der Waals surface area contributed by atoms with Crippen LogP contribution < -0.4 is 5.48 Å². The molecule has 0 saturated carbocycles. The Balaban J connectivity index is 3.29. The van der Waals surface area contributed by atoms with E-state index in [1.54, 1.807) is 12.4 Å². The van der Waals surface area contributed by atoms with Gasteiger partial charge >= 0.3 is 5.97 Å². The first-order valence-electron chi connectivity index (χ1n) is 4.83. The first-order chi connectivity index (χ1) is 7.07. The van der Waals surface area contributed by atoms with Crippen molar-refractivity contribution in [1.29, 1.82) is 0 Å². The fourth-order valence-corrected chi connectivity index (χ4v) is 0.908. The average molecular weight is 215 g/mol. The van der Waals surface area contributed by atoms with Crippen LogP contribution in [0.1, 0.15) is 32.6 Å². The molecule has 0 bridgehead atoms. The summed E-state index contributed by atoms with van der Waals surface area (Å²) in [7, 11) is 0. The summed E-state index contributed by atoms with van der Waals surface area (Å²) < 4.78 is 4.85. The second-order valence-electron chi connectivity index (χ2n) is 3.26. The molecule has 0 spiro atoms. The zero-order valence-corrected chi connectivity index (χ0v) is 8.91. The lowest BCUT2D eigenvalue weighted by atomic mass is 10.2. The number of ether oxygens (including phenoxy) is 1. The Hall–Kier alpha value is -1.36. The number of hydroxylamine groups is 1. The van der Waals surface area contributed by atoms with E-state index in [1.807, 2.05) is 0 Å². The molecule has 0 saturated heterocycles. The van der Waals surface area contributed by atoms with E-state index >= 15 is 0 Å². The Morgan fingerprint density at radius 2 is 2.00 bits per heavy atom. The van der Waals surface area contributed by atoms with Crippen LogP contribution in [0.3, 0.4) is 0 Å². The van der Waals surface area contributed by atoms with E-state index in [1.165, 1.54) is 0 Å². The van der Waals surface area contributed by atoms with E-state index < -0.39 is 5.91 Å². The molecule has 0 radical (unpaired) electrons.